The van der Waals surface area contributed by atoms with Crippen LogP contribution in [0.5, 0.6) is 0 Å². The first kappa shape index (κ1) is 12.6. The van der Waals surface area contributed by atoms with Gasteiger partial charge in [0.05, 0.1) is 6.42 Å². The molecule has 0 bridgehead atoms. The number of nitrogens with zero attached hydrogens (tertiary/aromatic N) is 2. The Hall–Kier alpha value is -1.42. The summed E-state index contributed by atoms with van der Waals surface area (Å²) in [5.41, 5.74) is 0.813. The molecular weight excluding hydrogens is 202 g/mol. The zero-order chi connectivity index (χ0) is 11.8. The molecule has 1 rings (SSSR count). The number of amides is 1. The van der Waals surface area contributed by atoms with Gasteiger partial charge < -0.3 is 10.2 Å². The number of nitrogens with one attached hydrogen (secondary N) is 1. The molecule has 0 saturated carbocycles. The minimum absolute atomic E-state index is 0.0393. The average molecular weight is 221 g/mol. The Morgan fingerprint density at radius 1 is 1.44 bits per heavy atom. The van der Waals surface area contributed by atoms with Gasteiger partial charge >= 0.3 is 0 Å². The summed E-state index contributed by atoms with van der Waals surface area (Å²) >= 11 is 0. The molecule has 0 saturated heterocycles. The second-order valence-electron chi connectivity index (χ2n) is 4.00. The van der Waals surface area contributed by atoms with E-state index in [2.05, 4.69) is 15.2 Å². The number of hydrogen-bond acceptors (Lipinski definition) is 3. The van der Waals surface area contributed by atoms with E-state index in [1.807, 2.05) is 32.3 Å². The number of carbonyl (C=O) groups is 1. The lowest BCUT2D eigenvalue weighted by Gasteiger charge is -2.09. The van der Waals surface area contributed by atoms with Gasteiger partial charge in [-0.25, -0.2) is 0 Å². The highest BCUT2D eigenvalue weighted by molar-refractivity contribution is 5.77. The molecule has 0 spiro atoms. The van der Waals surface area contributed by atoms with Crippen molar-refractivity contribution in [1.29, 1.82) is 0 Å². The van der Waals surface area contributed by atoms with Crippen LogP contribution in [0.3, 0.4) is 0 Å². The Morgan fingerprint density at radius 2 is 2.25 bits per heavy atom. The quantitative estimate of drug-likeness (QED) is 0.719. The third-order valence-electron chi connectivity index (χ3n) is 2.17. The molecule has 0 aromatic carbocycles. The van der Waals surface area contributed by atoms with Crippen LogP contribution in [-0.4, -0.2) is 43.0 Å². The zero-order valence-electron chi connectivity index (χ0n) is 9.94. The van der Waals surface area contributed by atoms with Crippen LogP contribution in [0.2, 0.25) is 0 Å². The van der Waals surface area contributed by atoms with Crippen molar-refractivity contribution >= 4 is 5.91 Å². The summed E-state index contributed by atoms with van der Waals surface area (Å²) in [6.45, 7) is 1.72. The molecule has 1 N–H and O–H groups in total. The molecule has 0 fully saturated rings. The van der Waals surface area contributed by atoms with Gasteiger partial charge in [0.1, 0.15) is 0 Å². The van der Waals surface area contributed by atoms with E-state index in [1.165, 1.54) is 0 Å². The monoisotopic (exact) mass is 221 g/mol. The van der Waals surface area contributed by atoms with Crippen molar-refractivity contribution in [3.63, 3.8) is 0 Å². The van der Waals surface area contributed by atoms with E-state index in [0.717, 1.165) is 25.2 Å². The van der Waals surface area contributed by atoms with Gasteiger partial charge in [0, 0.05) is 18.4 Å². The fraction of sp³-hybridized carbons (Fsp3) is 0.500. The molecule has 0 aliphatic rings. The molecule has 4 heteroatoms. The Kier molecular flexibility index (Phi) is 5.50. The Balaban J connectivity index is 2.17. The molecule has 16 heavy (non-hydrogen) atoms. The van der Waals surface area contributed by atoms with Crippen molar-refractivity contribution in [2.24, 2.45) is 0 Å². The summed E-state index contributed by atoms with van der Waals surface area (Å²) < 4.78 is 0. The Bertz CT molecular complexity index is 311. The van der Waals surface area contributed by atoms with E-state index in [9.17, 15) is 4.79 Å². The highest BCUT2D eigenvalue weighted by Crippen LogP contribution is 1.94. The molecule has 0 atom stereocenters. The maximum Gasteiger partial charge on any atom is 0.226 e. The highest BCUT2D eigenvalue weighted by Gasteiger charge is 2.02. The van der Waals surface area contributed by atoms with Gasteiger partial charge in [0.2, 0.25) is 5.91 Å². The summed E-state index contributed by atoms with van der Waals surface area (Å²) in [6, 6.07) is 5.60. The summed E-state index contributed by atoms with van der Waals surface area (Å²) in [5, 5.41) is 2.88. The predicted molar refractivity (Wildman–Crippen MR) is 64.1 cm³/mol. The maximum atomic E-state index is 11.5. The molecule has 1 aromatic rings. The van der Waals surface area contributed by atoms with Crippen molar-refractivity contribution in [2.75, 3.05) is 27.2 Å². The molecule has 0 aliphatic carbocycles. The third-order valence-corrected chi connectivity index (χ3v) is 2.17. The number of aromatic nitrogens is 1. The molecule has 1 amide bonds. The minimum Gasteiger partial charge on any atom is -0.356 e. The van der Waals surface area contributed by atoms with Gasteiger partial charge in [-0.15, -0.1) is 0 Å². The SMILES string of the molecule is CN(C)CCCNC(=O)Cc1ccccn1. The molecule has 0 unspecified atom stereocenters. The van der Waals surface area contributed by atoms with Gasteiger partial charge in [-0.05, 0) is 39.2 Å². The minimum atomic E-state index is 0.0393. The topological polar surface area (TPSA) is 45.2 Å². The van der Waals surface area contributed by atoms with Crippen LogP contribution < -0.4 is 5.32 Å². The zero-order valence-corrected chi connectivity index (χ0v) is 9.94. The van der Waals surface area contributed by atoms with Gasteiger partial charge in [-0.2, -0.15) is 0 Å². The van der Waals surface area contributed by atoms with Crippen LogP contribution >= 0.6 is 0 Å². The number of carbonyl (C=O) groups excluding carboxylic acids is 1. The van der Waals surface area contributed by atoms with Crippen LogP contribution in [0.15, 0.2) is 24.4 Å². The smallest absolute Gasteiger partial charge is 0.226 e. The summed E-state index contributed by atoms with van der Waals surface area (Å²) in [7, 11) is 4.05. The molecule has 4 nitrogen and oxygen atoms in total. The van der Waals surface area contributed by atoms with E-state index < -0.39 is 0 Å². The molecular formula is C12H19N3O. The second-order valence-corrected chi connectivity index (χ2v) is 4.00. The molecule has 88 valence electrons. The van der Waals surface area contributed by atoms with E-state index in [0.29, 0.717) is 6.42 Å². The number of rotatable bonds is 6. The second kappa shape index (κ2) is 6.95. The molecule has 1 aromatic heterocycles. The van der Waals surface area contributed by atoms with E-state index in [1.54, 1.807) is 6.20 Å². The van der Waals surface area contributed by atoms with Crippen molar-refractivity contribution in [1.82, 2.24) is 15.2 Å². The summed E-state index contributed by atoms with van der Waals surface area (Å²) in [4.78, 5) is 17.7. The van der Waals surface area contributed by atoms with Crippen molar-refractivity contribution in [3.8, 4) is 0 Å². The fourth-order valence-electron chi connectivity index (χ4n) is 1.35. The van der Waals surface area contributed by atoms with Crippen LogP contribution in [0.4, 0.5) is 0 Å². The van der Waals surface area contributed by atoms with E-state index >= 15 is 0 Å². The number of hydrogen-bond donors (Lipinski definition) is 1. The first-order chi connectivity index (χ1) is 7.68. The predicted octanol–water partition coefficient (Wildman–Crippen LogP) is 0.692. The lowest BCUT2D eigenvalue weighted by Crippen LogP contribution is -2.28. The lowest BCUT2D eigenvalue weighted by atomic mass is 10.2. The largest absolute Gasteiger partial charge is 0.356 e. The normalized spacial score (nSPS) is 10.4. The standard InChI is InChI=1S/C12H19N3O/c1-15(2)9-5-8-14-12(16)10-11-6-3-4-7-13-11/h3-4,6-7H,5,8-10H2,1-2H3,(H,14,16). The van der Waals surface area contributed by atoms with E-state index in [-0.39, 0.29) is 5.91 Å². The molecule has 1 heterocycles. The van der Waals surface area contributed by atoms with Crippen molar-refractivity contribution in [3.05, 3.63) is 30.1 Å². The first-order valence-electron chi connectivity index (χ1n) is 5.50. The lowest BCUT2D eigenvalue weighted by molar-refractivity contribution is -0.120. The van der Waals surface area contributed by atoms with Crippen LogP contribution in [0.25, 0.3) is 0 Å². The van der Waals surface area contributed by atoms with Gasteiger partial charge in [0.15, 0.2) is 0 Å². The highest BCUT2D eigenvalue weighted by atomic mass is 16.1. The van der Waals surface area contributed by atoms with Crippen LogP contribution in [0.1, 0.15) is 12.1 Å². The van der Waals surface area contributed by atoms with E-state index in [4.69, 9.17) is 0 Å². The third kappa shape index (κ3) is 5.46. The molecule has 0 aliphatic heterocycles. The Morgan fingerprint density at radius 3 is 2.88 bits per heavy atom. The van der Waals surface area contributed by atoms with Crippen molar-refractivity contribution in [2.45, 2.75) is 12.8 Å². The van der Waals surface area contributed by atoms with Gasteiger partial charge in [0.25, 0.3) is 0 Å². The average Bonchev–Trinajstić information content (AvgIpc) is 2.25. The van der Waals surface area contributed by atoms with Crippen molar-refractivity contribution < 1.29 is 4.79 Å². The summed E-state index contributed by atoms with van der Waals surface area (Å²) in [6.07, 6.45) is 3.04. The number of pyridine rings is 1. The van der Waals surface area contributed by atoms with Crippen LogP contribution in [0, 0.1) is 0 Å². The Labute approximate surface area is 96.7 Å². The first-order valence-corrected chi connectivity index (χ1v) is 5.50. The summed E-state index contributed by atoms with van der Waals surface area (Å²) in [5.74, 6) is 0.0393. The van der Waals surface area contributed by atoms with Crippen LogP contribution in [-0.2, 0) is 11.2 Å². The fourth-order valence-corrected chi connectivity index (χ4v) is 1.35. The van der Waals surface area contributed by atoms with Gasteiger partial charge in [-0.3, -0.25) is 9.78 Å². The molecule has 0 radical (unpaired) electrons. The maximum absolute atomic E-state index is 11.5. The van der Waals surface area contributed by atoms with Gasteiger partial charge in [-0.1, -0.05) is 6.07 Å².